The number of allylic oxidation sites excluding steroid dienone is 1. The smallest absolute Gasteiger partial charge is 0.254 e. The molecule has 0 aliphatic carbocycles. The van der Waals surface area contributed by atoms with Crippen LogP contribution >= 0.6 is 11.8 Å². The highest BCUT2D eigenvalue weighted by Crippen LogP contribution is 2.21. The third-order valence-corrected chi connectivity index (χ3v) is 5.27. The lowest BCUT2D eigenvalue weighted by atomic mass is 10.2. The van der Waals surface area contributed by atoms with E-state index < -0.39 is 17.8 Å². The number of nitrogens with one attached hydrogen (secondary N) is 2. The fraction of sp³-hybridized carbons (Fsp3) is 0.182. The molecule has 0 aliphatic rings. The van der Waals surface area contributed by atoms with Crippen LogP contribution in [0.15, 0.2) is 72.4 Å². The van der Waals surface area contributed by atoms with E-state index in [1.165, 1.54) is 30.0 Å². The number of nitrogens with zero attached hydrogens (tertiary/aromatic N) is 3. The number of para-hydroxylation sites is 1. The first-order valence-corrected chi connectivity index (χ1v) is 10.5. The number of anilines is 1. The number of aromatic nitrogens is 3. The SMILES string of the molecule is C=CCn1c(SCC(=O)Nc2ccccc2)nnc1[C@H](C)NC(=O)c1ccccc1F. The van der Waals surface area contributed by atoms with Gasteiger partial charge in [0.2, 0.25) is 5.91 Å². The molecule has 2 amide bonds. The summed E-state index contributed by atoms with van der Waals surface area (Å²) in [5.41, 5.74) is 0.669. The summed E-state index contributed by atoms with van der Waals surface area (Å²) in [7, 11) is 0. The Balaban J connectivity index is 1.67. The Kier molecular flexibility index (Phi) is 7.55. The molecule has 3 aromatic rings. The van der Waals surface area contributed by atoms with Gasteiger partial charge in [-0.05, 0) is 31.2 Å². The van der Waals surface area contributed by atoms with Gasteiger partial charge < -0.3 is 15.2 Å². The molecule has 2 aromatic carbocycles. The van der Waals surface area contributed by atoms with Crippen molar-refractivity contribution >= 4 is 29.3 Å². The maximum absolute atomic E-state index is 13.9. The molecule has 0 radical (unpaired) electrons. The summed E-state index contributed by atoms with van der Waals surface area (Å²) in [4.78, 5) is 24.7. The molecular formula is C22H22FN5O2S. The average molecular weight is 440 g/mol. The molecule has 160 valence electrons. The lowest BCUT2D eigenvalue weighted by Crippen LogP contribution is -2.29. The van der Waals surface area contributed by atoms with Crippen molar-refractivity contribution in [2.45, 2.75) is 24.7 Å². The van der Waals surface area contributed by atoms with Gasteiger partial charge in [-0.2, -0.15) is 0 Å². The Morgan fingerprint density at radius 3 is 2.58 bits per heavy atom. The predicted octanol–water partition coefficient (Wildman–Crippen LogP) is 3.83. The summed E-state index contributed by atoms with van der Waals surface area (Å²) >= 11 is 1.23. The monoisotopic (exact) mass is 439 g/mol. The second-order valence-electron chi connectivity index (χ2n) is 6.62. The number of halogens is 1. The molecule has 0 saturated heterocycles. The van der Waals surface area contributed by atoms with Gasteiger partial charge in [-0.15, -0.1) is 16.8 Å². The van der Waals surface area contributed by atoms with Gasteiger partial charge in [0.25, 0.3) is 5.91 Å². The van der Waals surface area contributed by atoms with Crippen LogP contribution in [0.4, 0.5) is 10.1 Å². The maximum atomic E-state index is 13.9. The third kappa shape index (κ3) is 5.79. The van der Waals surface area contributed by atoms with E-state index in [9.17, 15) is 14.0 Å². The molecule has 0 aliphatic heterocycles. The van der Waals surface area contributed by atoms with Gasteiger partial charge in [0.15, 0.2) is 11.0 Å². The quantitative estimate of drug-likeness (QED) is 0.391. The number of hydrogen-bond acceptors (Lipinski definition) is 5. The topological polar surface area (TPSA) is 88.9 Å². The molecule has 2 N–H and O–H groups in total. The summed E-state index contributed by atoms with van der Waals surface area (Å²) < 4.78 is 15.6. The maximum Gasteiger partial charge on any atom is 0.254 e. The molecule has 31 heavy (non-hydrogen) atoms. The molecular weight excluding hydrogens is 417 g/mol. The van der Waals surface area contributed by atoms with Gasteiger partial charge in [-0.25, -0.2) is 4.39 Å². The summed E-state index contributed by atoms with van der Waals surface area (Å²) in [6, 6.07) is 14.4. The molecule has 0 bridgehead atoms. The van der Waals surface area contributed by atoms with Crippen molar-refractivity contribution in [2.24, 2.45) is 0 Å². The van der Waals surface area contributed by atoms with Crippen molar-refractivity contribution < 1.29 is 14.0 Å². The summed E-state index contributed by atoms with van der Waals surface area (Å²) in [6.45, 7) is 5.88. The van der Waals surface area contributed by atoms with Crippen molar-refractivity contribution in [1.82, 2.24) is 20.1 Å². The number of benzene rings is 2. The molecule has 0 spiro atoms. The number of thioether (sulfide) groups is 1. The molecule has 7 nitrogen and oxygen atoms in total. The Hall–Kier alpha value is -3.46. The molecule has 0 saturated carbocycles. The lowest BCUT2D eigenvalue weighted by molar-refractivity contribution is -0.113. The van der Waals surface area contributed by atoms with Crippen LogP contribution in [0, 0.1) is 5.82 Å². The Morgan fingerprint density at radius 1 is 1.16 bits per heavy atom. The first-order valence-electron chi connectivity index (χ1n) is 9.56. The van der Waals surface area contributed by atoms with Gasteiger partial charge in [0, 0.05) is 12.2 Å². The van der Waals surface area contributed by atoms with Gasteiger partial charge in [0.1, 0.15) is 5.82 Å². The van der Waals surface area contributed by atoms with Crippen LogP contribution in [0.5, 0.6) is 0 Å². The Bertz CT molecular complexity index is 1070. The molecule has 3 rings (SSSR count). The predicted molar refractivity (Wildman–Crippen MR) is 118 cm³/mol. The zero-order valence-corrected chi connectivity index (χ0v) is 17.7. The van der Waals surface area contributed by atoms with Crippen LogP contribution in [0.1, 0.15) is 29.1 Å². The van der Waals surface area contributed by atoms with Crippen molar-refractivity contribution in [1.29, 1.82) is 0 Å². The zero-order valence-electron chi connectivity index (χ0n) is 16.9. The second-order valence-corrected chi connectivity index (χ2v) is 7.56. The van der Waals surface area contributed by atoms with E-state index in [2.05, 4.69) is 27.4 Å². The van der Waals surface area contributed by atoms with Crippen LogP contribution in [-0.2, 0) is 11.3 Å². The minimum absolute atomic E-state index is 0.0451. The number of amides is 2. The Morgan fingerprint density at radius 2 is 1.87 bits per heavy atom. The van der Waals surface area contributed by atoms with Crippen LogP contribution < -0.4 is 10.6 Å². The van der Waals surface area contributed by atoms with Crippen molar-refractivity contribution in [2.75, 3.05) is 11.1 Å². The van der Waals surface area contributed by atoms with E-state index in [0.717, 1.165) is 0 Å². The third-order valence-electron chi connectivity index (χ3n) is 4.30. The van der Waals surface area contributed by atoms with Crippen molar-refractivity contribution in [3.05, 3.63) is 84.5 Å². The fourth-order valence-corrected chi connectivity index (χ4v) is 3.62. The average Bonchev–Trinajstić information content (AvgIpc) is 3.16. The largest absolute Gasteiger partial charge is 0.342 e. The molecule has 0 fully saturated rings. The van der Waals surface area contributed by atoms with E-state index in [1.54, 1.807) is 35.8 Å². The Labute approximate surface area is 183 Å². The minimum Gasteiger partial charge on any atom is -0.342 e. The van der Waals surface area contributed by atoms with Crippen molar-refractivity contribution in [3.8, 4) is 0 Å². The van der Waals surface area contributed by atoms with E-state index in [1.807, 2.05) is 18.2 Å². The molecule has 9 heteroatoms. The highest BCUT2D eigenvalue weighted by Gasteiger charge is 2.21. The minimum atomic E-state index is -0.597. The van der Waals surface area contributed by atoms with Crippen LogP contribution in [0.2, 0.25) is 0 Å². The van der Waals surface area contributed by atoms with E-state index in [4.69, 9.17) is 0 Å². The lowest BCUT2D eigenvalue weighted by Gasteiger charge is -2.15. The van der Waals surface area contributed by atoms with Gasteiger partial charge in [-0.1, -0.05) is 48.2 Å². The molecule has 1 aromatic heterocycles. The number of rotatable bonds is 9. The van der Waals surface area contributed by atoms with E-state index in [-0.39, 0.29) is 17.2 Å². The van der Waals surface area contributed by atoms with Gasteiger partial charge >= 0.3 is 0 Å². The summed E-state index contributed by atoms with van der Waals surface area (Å²) in [5, 5.41) is 14.4. The second kappa shape index (κ2) is 10.5. The zero-order chi connectivity index (χ0) is 22.2. The number of carbonyl (C=O) groups excluding carboxylic acids is 2. The summed E-state index contributed by atoms with van der Waals surface area (Å²) in [5.74, 6) is -0.696. The van der Waals surface area contributed by atoms with Gasteiger partial charge in [0.05, 0.1) is 17.4 Å². The molecule has 1 heterocycles. The van der Waals surface area contributed by atoms with Crippen LogP contribution in [-0.4, -0.2) is 32.3 Å². The number of carbonyl (C=O) groups is 2. The normalized spacial score (nSPS) is 11.5. The van der Waals surface area contributed by atoms with Crippen LogP contribution in [0.3, 0.4) is 0 Å². The standard InChI is InChI=1S/C22H22FN5O2S/c1-3-13-28-20(15(2)24-21(30)17-11-7-8-12-18(17)23)26-27-22(28)31-14-19(29)25-16-9-5-4-6-10-16/h3-12,15H,1,13-14H2,2H3,(H,24,30)(H,25,29)/t15-/m0/s1. The fourth-order valence-electron chi connectivity index (χ4n) is 2.86. The first kappa shape index (κ1) is 22.2. The van der Waals surface area contributed by atoms with E-state index >= 15 is 0 Å². The highest BCUT2D eigenvalue weighted by molar-refractivity contribution is 7.99. The highest BCUT2D eigenvalue weighted by atomic mass is 32.2. The number of hydrogen-bond donors (Lipinski definition) is 2. The molecule has 0 unspecified atom stereocenters. The first-order chi connectivity index (χ1) is 15.0. The van der Waals surface area contributed by atoms with E-state index in [0.29, 0.717) is 23.2 Å². The molecule has 1 atom stereocenters. The summed E-state index contributed by atoms with van der Waals surface area (Å²) in [6.07, 6.45) is 1.67. The van der Waals surface area contributed by atoms with Crippen molar-refractivity contribution in [3.63, 3.8) is 0 Å². The van der Waals surface area contributed by atoms with Gasteiger partial charge in [-0.3, -0.25) is 9.59 Å². The van der Waals surface area contributed by atoms with Crippen LogP contribution in [0.25, 0.3) is 0 Å².